The summed E-state index contributed by atoms with van der Waals surface area (Å²) < 4.78 is 5.05. The van der Waals surface area contributed by atoms with Gasteiger partial charge in [-0.3, -0.25) is 0 Å². The molecule has 0 aromatic carbocycles. The lowest BCUT2D eigenvalue weighted by molar-refractivity contribution is 0.272. The number of hydrogen-bond acceptors (Lipinski definition) is 5. The van der Waals surface area contributed by atoms with E-state index in [-0.39, 0.29) is 0 Å². The van der Waals surface area contributed by atoms with Gasteiger partial charge < -0.3 is 4.74 Å². The van der Waals surface area contributed by atoms with Crippen molar-refractivity contribution in [3.63, 3.8) is 0 Å². The molecule has 0 spiro atoms. The number of nitrogens with zero attached hydrogens (tertiary/aromatic N) is 3. The zero-order valence-electron chi connectivity index (χ0n) is 8.60. The highest BCUT2D eigenvalue weighted by atomic mass is 32.2. The first-order valence-corrected chi connectivity index (χ1v) is 5.63. The SMILES string of the molecule is CCO/C=C\c1nc(SC)ncc1C#N. The topological polar surface area (TPSA) is 58.8 Å². The summed E-state index contributed by atoms with van der Waals surface area (Å²) in [6.07, 6.45) is 6.61. The Morgan fingerprint density at radius 1 is 1.67 bits per heavy atom. The van der Waals surface area contributed by atoms with Gasteiger partial charge in [-0.15, -0.1) is 0 Å². The predicted molar refractivity (Wildman–Crippen MR) is 59.2 cm³/mol. The Kier molecular flexibility index (Phi) is 4.64. The molecule has 0 saturated heterocycles. The fourth-order valence-corrected chi connectivity index (χ4v) is 1.25. The second-order valence-corrected chi connectivity index (χ2v) is 3.30. The van der Waals surface area contributed by atoms with Crippen molar-refractivity contribution in [2.24, 2.45) is 0 Å². The molecule has 5 heteroatoms. The van der Waals surface area contributed by atoms with Crippen LogP contribution in [0.25, 0.3) is 6.08 Å². The number of aromatic nitrogens is 2. The van der Waals surface area contributed by atoms with Crippen molar-refractivity contribution in [2.45, 2.75) is 12.1 Å². The summed E-state index contributed by atoms with van der Waals surface area (Å²) in [6.45, 7) is 2.49. The summed E-state index contributed by atoms with van der Waals surface area (Å²) in [5, 5.41) is 9.47. The summed E-state index contributed by atoms with van der Waals surface area (Å²) in [7, 11) is 0. The Morgan fingerprint density at radius 3 is 3.07 bits per heavy atom. The molecular formula is C10H11N3OS. The molecule has 0 radical (unpaired) electrons. The first-order chi connectivity index (χ1) is 7.31. The van der Waals surface area contributed by atoms with Crippen molar-refractivity contribution >= 4 is 17.8 Å². The molecular weight excluding hydrogens is 210 g/mol. The molecule has 0 aliphatic carbocycles. The minimum absolute atomic E-state index is 0.448. The summed E-state index contributed by atoms with van der Waals surface area (Å²) in [6, 6.07) is 2.03. The minimum Gasteiger partial charge on any atom is -0.501 e. The lowest BCUT2D eigenvalue weighted by Crippen LogP contribution is -1.93. The molecule has 1 aromatic rings. The van der Waals surface area contributed by atoms with Crippen LogP contribution in [0.1, 0.15) is 18.2 Å². The largest absolute Gasteiger partial charge is 0.501 e. The van der Waals surface area contributed by atoms with Crippen LogP contribution in [0.15, 0.2) is 17.6 Å². The number of ether oxygens (including phenoxy) is 1. The van der Waals surface area contributed by atoms with Crippen LogP contribution in [0, 0.1) is 11.3 Å². The number of thioether (sulfide) groups is 1. The van der Waals surface area contributed by atoms with Crippen molar-refractivity contribution < 1.29 is 4.74 Å². The lowest BCUT2D eigenvalue weighted by atomic mass is 10.2. The Labute approximate surface area is 93.0 Å². The first-order valence-electron chi connectivity index (χ1n) is 4.41. The van der Waals surface area contributed by atoms with Gasteiger partial charge in [0.25, 0.3) is 0 Å². The Hall–Kier alpha value is -1.54. The smallest absolute Gasteiger partial charge is 0.187 e. The number of nitriles is 1. The zero-order chi connectivity index (χ0) is 11.1. The third-order valence-corrected chi connectivity index (χ3v) is 2.15. The molecule has 1 heterocycles. The van der Waals surface area contributed by atoms with E-state index in [1.165, 1.54) is 24.2 Å². The molecule has 0 saturated carbocycles. The van der Waals surface area contributed by atoms with Crippen molar-refractivity contribution in [2.75, 3.05) is 12.9 Å². The molecule has 78 valence electrons. The van der Waals surface area contributed by atoms with E-state index in [4.69, 9.17) is 10.00 Å². The first kappa shape index (κ1) is 11.5. The monoisotopic (exact) mass is 221 g/mol. The van der Waals surface area contributed by atoms with Crippen LogP contribution in [0.2, 0.25) is 0 Å². The summed E-state index contributed by atoms with van der Waals surface area (Å²) >= 11 is 1.44. The van der Waals surface area contributed by atoms with E-state index in [2.05, 4.69) is 9.97 Å². The number of hydrogen-bond donors (Lipinski definition) is 0. The average Bonchev–Trinajstić information content (AvgIpc) is 2.29. The quantitative estimate of drug-likeness (QED) is 0.442. The van der Waals surface area contributed by atoms with Gasteiger partial charge in [-0.25, -0.2) is 9.97 Å². The maximum Gasteiger partial charge on any atom is 0.187 e. The molecule has 0 fully saturated rings. The van der Waals surface area contributed by atoms with E-state index in [9.17, 15) is 0 Å². The predicted octanol–water partition coefficient (Wildman–Crippen LogP) is 2.08. The maximum absolute atomic E-state index is 8.83. The maximum atomic E-state index is 8.83. The Morgan fingerprint density at radius 2 is 2.47 bits per heavy atom. The fourth-order valence-electron chi connectivity index (χ4n) is 0.898. The van der Waals surface area contributed by atoms with Crippen LogP contribution in [-0.2, 0) is 4.74 Å². The molecule has 0 unspecified atom stereocenters. The highest BCUT2D eigenvalue weighted by Gasteiger charge is 2.02. The van der Waals surface area contributed by atoms with Gasteiger partial charge in [0, 0.05) is 6.20 Å². The van der Waals surface area contributed by atoms with E-state index in [0.717, 1.165) is 0 Å². The van der Waals surface area contributed by atoms with Crippen LogP contribution in [0.4, 0.5) is 0 Å². The second kappa shape index (κ2) is 6.04. The zero-order valence-corrected chi connectivity index (χ0v) is 9.41. The molecule has 1 rings (SSSR count). The van der Waals surface area contributed by atoms with E-state index in [1.807, 2.05) is 19.2 Å². The van der Waals surface area contributed by atoms with Gasteiger partial charge in [0.1, 0.15) is 6.07 Å². The van der Waals surface area contributed by atoms with Gasteiger partial charge in [-0.05, 0) is 19.3 Å². The average molecular weight is 221 g/mol. The van der Waals surface area contributed by atoms with Crippen molar-refractivity contribution in [1.82, 2.24) is 9.97 Å². The van der Waals surface area contributed by atoms with Gasteiger partial charge in [-0.2, -0.15) is 5.26 Å². The highest BCUT2D eigenvalue weighted by Crippen LogP contribution is 2.12. The van der Waals surface area contributed by atoms with E-state index >= 15 is 0 Å². The van der Waals surface area contributed by atoms with Crippen LogP contribution in [0.5, 0.6) is 0 Å². The van der Waals surface area contributed by atoms with Gasteiger partial charge in [0.05, 0.1) is 24.1 Å². The van der Waals surface area contributed by atoms with E-state index in [1.54, 1.807) is 6.08 Å². The summed E-state index contributed by atoms with van der Waals surface area (Å²) in [4.78, 5) is 8.21. The lowest BCUT2D eigenvalue weighted by Gasteiger charge is -1.99. The van der Waals surface area contributed by atoms with Gasteiger partial charge in [0.2, 0.25) is 0 Å². The molecule has 0 bridgehead atoms. The highest BCUT2D eigenvalue weighted by molar-refractivity contribution is 7.98. The molecule has 15 heavy (non-hydrogen) atoms. The van der Waals surface area contributed by atoms with Crippen molar-refractivity contribution in [1.29, 1.82) is 5.26 Å². The Bertz CT molecular complexity index is 398. The van der Waals surface area contributed by atoms with Gasteiger partial charge in [0.15, 0.2) is 5.16 Å². The van der Waals surface area contributed by atoms with Crippen molar-refractivity contribution in [3.8, 4) is 6.07 Å². The fraction of sp³-hybridized carbons (Fsp3) is 0.300. The van der Waals surface area contributed by atoms with E-state index < -0.39 is 0 Å². The third kappa shape index (κ3) is 3.26. The van der Waals surface area contributed by atoms with E-state index in [0.29, 0.717) is 23.0 Å². The Balaban J connectivity index is 2.97. The number of rotatable bonds is 4. The minimum atomic E-state index is 0.448. The van der Waals surface area contributed by atoms with Crippen LogP contribution in [0.3, 0.4) is 0 Å². The molecule has 0 aliphatic heterocycles. The van der Waals surface area contributed by atoms with Crippen LogP contribution >= 0.6 is 11.8 Å². The second-order valence-electron chi connectivity index (χ2n) is 2.53. The molecule has 1 aromatic heterocycles. The van der Waals surface area contributed by atoms with Crippen LogP contribution in [-0.4, -0.2) is 22.8 Å². The summed E-state index contributed by atoms with van der Waals surface area (Å²) in [5.41, 5.74) is 1.04. The molecule has 4 nitrogen and oxygen atoms in total. The van der Waals surface area contributed by atoms with Gasteiger partial charge in [-0.1, -0.05) is 11.8 Å². The van der Waals surface area contributed by atoms with Crippen LogP contribution < -0.4 is 0 Å². The molecule has 0 aliphatic rings. The molecule has 0 atom stereocenters. The normalized spacial score (nSPS) is 10.2. The van der Waals surface area contributed by atoms with Crippen molar-refractivity contribution in [3.05, 3.63) is 23.7 Å². The standard InChI is InChI=1S/C10H11N3OS/c1-3-14-5-4-9-8(6-11)7-12-10(13-9)15-2/h4-5,7H,3H2,1-2H3/b5-4-. The summed E-state index contributed by atoms with van der Waals surface area (Å²) in [5.74, 6) is 0. The molecule has 0 amide bonds. The van der Waals surface area contributed by atoms with Gasteiger partial charge >= 0.3 is 0 Å². The third-order valence-electron chi connectivity index (χ3n) is 1.59. The molecule has 0 N–H and O–H groups in total.